The minimum absolute atomic E-state index is 0.0946. The molecule has 1 aliphatic heterocycles. The van der Waals surface area contributed by atoms with Gasteiger partial charge in [0.2, 0.25) is 0 Å². The zero-order chi connectivity index (χ0) is 10.1. The Kier molecular flexibility index (Phi) is 2.31. The van der Waals surface area contributed by atoms with E-state index in [0.717, 1.165) is 12.8 Å². The van der Waals surface area contributed by atoms with Gasteiger partial charge in [-0.15, -0.1) is 0 Å². The van der Waals surface area contributed by atoms with Gasteiger partial charge in [0.15, 0.2) is 0 Å². The van der Waals surface area contributed by atoms with Crippen LogP contribution in [0.1, 0.15) is 19.3 Å². The molecule has 2 fully saturated rings. The van der Waals surface area contributed by atoms with Gasteiger partial charge in [-0.3, -0.25) is 4.79 Å². The molecule has 0 unspecified atom stereocenters. The van der Waals surface area contributed by atoms with Gasteiger partial charge in [0.25, 0.3) is 0 Å². The summed E-state index contributed by atoms with van der Waals surface area (Å²) in [5.41, 5.74) is 0. The van der Waals surface area contributed by atoms with Gasteiger partial charge in [-0.1, -0.05) is 0 Å². The Labute approximate surface area is 81.7 Å². The second-order valence-corrected chi connectivity index (χ2v) is 3.74. The highest BCUT2D eigenvalue weighted by molar-refractivity contribution is 5.72. The summed E-state index contributed by atoms with van der Waals surface area (Å²) in [7, 11) is 1.37. The second kappa shape index (κ2) is 3.48. The maximum absolute atomic E-state index is 11.1. The molecule has 2 rings (SSSR count). The SMILES string of the molecule is COC(=O)C[C@H]1CC[C@@H]2NC(=O)O[C@H]12. The van der Waals surface area contributed by atoms with Gasteiger partial charge in [-0.25, -0.2) is 4.79 Å². The highest BCUT2D eigenvalue weighted by Gasteiger charge is 2.45. The molecular formula is C9H13NO4. The fourth-order valence-electron chi connectivity index (χ4n) is 2.21. The van der Waals surface area contributed by atoms with E-state index in [2.05, 4.69) is 10.1 Å². The number of hydrogen-bond donors (Lipinski definition) is 1. The van der Waals surface area contributed by atoms with Crippen LogP contribution in [0.15, 0.2) is 0 Å². The van der Waals surface area contributed by atoms with Crippen LogP contribution in [0.5, 0.6) is 0 Å². The minimum atomic E-state index is -0.366. The molecule has 0 spiro atoms. The Bertz CT molecular complexity index is 266. The molecule has 1 aliphatic carbocycles. The van der Waals surface area contributed by atoms with E-state index in [1.54, 1.807) is 0 Å². The van der Waals surface area contributed by atoms with E-state index in [4.69, 9.17) is 4.74 Å². The minimum Gasteiger partial charge on any atom is -0.469 e. The summed E-state index contributed by atoms with van der Waals surface area (Å²) in [4.78, 5) is 22.0. The number of hydrogen-bond acceptors (Lipinski definition) is 4. The van der Waals surface area contributed by atoms with Gasteiger partial charge in [0.1, 0.15) is 6.10 Å². The molecule has 2 aliphatic rings. The van der Waals surface area contributed by atoms with Crippen molar-refractivity contribution in [3.63, 3.8) is 0 Å². The van der Waals surface area contributed by atoms with Crippen LogP contribution >= 0.6 is 0 Å². The molecule has 1 amide bonds. The molecule has 5 nitrogen and oxygen atoms in total. The first-order valence-electron chi connectivity index (χ1n) is 4.74. The lowest BCUT2D eigenvalue weighted by Gasteiger charge is -2.14. The van der Waals surface area contributed by atoms with Crippen LogP contribution in [0.2, 0.25) is 0 Å². The first-order valence-corrected chi connectivity index (χ1v) is 4.74. The number of alkyl carbamates (subject to hydrolysis) is 1. The van der Waals surface area contributed by atoms with Gasteiger partial charge in [0, 0.05) is 5.92 Å². The van der Waals surface area contributed by atoms with E-state index < -0.39 is 0 Å². The quantitative estimate of drug-likeness (QED) is 0.655. The third-order valence-corrected chi connectivity index (χ3v) is 2.91. The van der Waals surface area contributed by atoms with Crippen LogP contribution < -0.4 is 5.32 Å². The van der Waals surface area contributed by atoms with Gasteiger partial charge in [-0.2, -0.15) is 0 Å². The number of amides is 1. The molecule has 14 heavy (non-hydrogen) atoms. The fraction of sp³-hybridized carbons (Fsp3) is 0.778. The van der Waals surface area contributed by atoms with E-state index in [1.807, 2.05) is 0 Å². The van der Waals surface area contributed by atoms with Gasteiger partial charge in [0.05, 0.1) is 19.6 Å². The molecule has 3 atom stereocenters. The van der Waals surface area contributed by atoms with Crippen LogP contribution in [-0.4, -0.2) is 31.3 Å². The first kappa shape index (κ1) is 9.30. The molecule has 5 heteroatoms. The molecule has 1 saturated carbocycles. The number of esters is 1. The zero-order valence-electron chi connectivity index (χ0n) is 7.99. The van der Waals surface area contributed by atoms with Crippen molar-refractivity contribution in [2.75, 3.05) is 7.11 Å². The lowest BCUT2D eigenvalue weighted by atomic mass is 10.0. The standard InChI is InChI=1S/C9H13NO4/c1-13-7(11)4-5-2-3-6-8(5)14-9(12)10-6/h5-6,8H,2-4H2,1H3,(H,10,12)/t5-,6+,8-/m1/s1. The van der Waals surface area contributed by atoms with Crippen molar-refractivity contribution in [2.45, 2.75) is 31.4 Å². The summed E-state index contributed by atoms with van der Waals surface area (Å²) in [6.45, 7) is 0. The van der Waals surface area contributed by atoms with E-state index in [1.165, 1.54) is 7.11 Å². The predicted octanol–water partition coefficient (Wildman–Crippen LogP) is 0.436. The third-order valence-electron chi connectivity index (χ3n) is 2.91. The lowest BCUT2D eigenvalue weighted by Crippen LogP contribution is -2.29. The van der Waals surface area contributed by atoms with Crippen LogP contribution in [0.4, 0.5) is 4.79 Å². The summed E-state index contributed by atoms with van der Waals surface area (Å²) in [5, 5.41) is 2.72. The summed E-state index contributed by atoms with van der Waals surface area (Å²) >= 11 is 0. The largest absolute Gasteiger partial charge is 0.469 e. The third kappa shape index (κ3) is 1.54. The molecule has 0 bridgehead atoms. The Morgan fingerprint density at radius 2 is 2.43 bits per heavy atom. The Morgan fingerprint density at radius 1 is 1.64 bits per heavy atom. The molecule has 0 aromatic rings. The Balaban J connectivity index is 1.95. The molecule has 78 valence electrons. The van der Waals surface area contributed by atoms with Gasteiger partial charge < -0.3 is 14.8 Å². The predicted molar refractivity (Wildman–Crippen MR) is 46.5 cm³/mol. The topological polar surface area (TPSA) is 64.6 Å². The number of fused-ring (bicyclic) bond motifs is 1. The van der Waals surface area contributed by atoms with Crippen molar-refractivity contribution in [1.82, 2.24) is 5.32 Å². The Morgan fingerprint density at radius 3 is 3.14 bits per heavy atom. The van der Waals surface area contributed by atoms with Crippen LogP contribution in [-0.2, 0) is 14.3 Å². The van der Waals surface area contributed by atoms with Gasteiger partial charge in [-0.05, 0) is 12.8 Å². The molecule has 1 saturated heterocycles. The monoisotopic (exact) mass is 199 g/mol. The van der Waals surface area contributed by atoms with E-state index in [-0.39, 0.29) is 30.1 Å². The molecular weight excluding hydrogens is 186 g/mol. The molecule has 0 aromatic carbocycles. The van der Waals surface area contributed by atoms with Crippen LogP contribution in [0.25, 0.3) is 0 Å². The van der Waals surface area contributed by atoms with Crippen molar-refractivity contribution in [2.24, 2.45) is 5.92 Å². The zero-order valence-corrected chi connectivity index (χ0v) is 7.99. The number of carbonyl (C=O) groups excluding carboxylic acids is 2. The van der Waals surface area contributed by atoms with E-state index >= 15 is 0 Å². The average molecular weight is 199 g/mol. The summed E-state index contributed by atoms with van der Waals surface area (Å²) in [6, 6.07) is 0.0946. The number of carbonyl (C=O) groups is 2. The highest BCUT2D eigenvalue weighted by Crippen LogP contribution is 2.34. The Hall–Kier alpha value is -1.26. The van der Waals surface area contributed by atoms with Crippen molar-refractivity contribution in [1.29, 1.82) is 0 Å². The first-order chi connectivity index (χ1) is 6.70. The summed E-state index contributed by atoms with van der Waals surface area (Å²) in [6.07, 6.45) is 1.63. The molecule has 1 heterocycles. The number of methoxy groups -OCH3 is 1. The van der Waals surface area contributed by atoms with E-state index in [0.29, 0.717) is 6.42 Å². The summed E-state index contributed by atoms with van der Waals surface area (Å²) in [5.74, 6) is -0.120. The molecule has 0 aromatic heterocycles. The van der Waals surface area contributed by atoms with Crippen molar-refractivity contribution in [3.8, 4) is 0 Å². The fourth-order valence-corrected chi connectivity index (χ4v) is 2.21. The average Bonchev–Trinajstić information content (AvgIpc) is 2.67. The number of nitrogens with one attached hydrogen (secondary N) is 1. The van der Waals surface area contributed by atoms with Crippen molar-refractivity contribution >= 4 is 12.1 Å². The number of ether oxygens (including phenoxy) is 2. The second-order valence-electron chi connectivity index (χ2n) is 3.74. The number of rotatable bonds is 2. The van der Waals surface area contributed by atoms with Crippen LogP contribution in [0.3, 0.4) is 0 Å². The molecule has 0 radical (unpaired) electrons. The maximum atomic E-state index is 11.1. The normalized spacial score (nSPS) is 34.6. The summed E-state index contributed by atoms with van der Waals surface area (Å²) < 4.78 is 9.67. The van der Waals surface area contributed by atoms with Crippen LogP contribution in [0, 0.1) is 5.92 Å². The maximum Gasteiger partial charge on any atom is 0.407 e. The highest BCUT2D eigenvalue weighted by atomic mass is 16.6. The van der Waals surface area contributed by atoms with E-state index in [9.17, 15) is 9.59 Å². The smallest absolute Gasteiger partial charge is 0.407 e. The van der Waals surface area contributed by atoms with Crippen molar-refractivity contribution in [3.05, 3.63) is 0 Å². The van der Waals surface area contributed by atoms with Gasteiger partial charge >= 0.3 is 12.1 Å². The van der Waals surface area contributed by atoms with Crippen molar-refractivity contribution < 1.29 is 19.1 Å². The lowest BCUT2D eigenvalue weighted by molar-refractivity contribution is -0.142. The molecule has 1 N–H and O–H groups in total.